The zero-order chi connectivity index (χ0) is 11.2. The largest absolute Gasteiger partial charge is 0.211 e. The van der Waals surface area contributed by atoms with Gasteiger partial charge in [-0.05, 0) is 22.8 Å². The van der Waals surface area contributed by atoms with Gasteiger partial charge in [0.05, 0.1) is 0 Å². The van der Waals surface area contributed by atoms with Crippen molar-refractivity contribution in [3.05, 3.63) is 72.1 Å². The molecule has 0 N–H and O–H groups in total. The molecular formula is C16H12N+. The van der Waals surface area contributed by atoms with Crippen molar-refractivity contribution in [3.8, 4) is 11.1 Å². The van der Waals surface area contributed by atoms with Gasteiger partial charge >= 0.3 is 0 Å². The molecule has 1 aliphatic rings. The average molecular weight is 218 g/mol. The van der Waals surface area contributed by atoms with Gasteiger partial charge in [0.15, 0.2) is 12.4 Å². The molecule has 80 valence electrons. The number of nitrogens with zero attached hydrogens (tertiary/aromatic N) is 1. The van der Waals surface area contributed by atoms with Crippen LogP contribution < -0.4 is 4.40 Å². The summed E-state index contributed by atoms with van der Waals surface area (Å²) in [5.74, 6) is 0. The minimum absolute atomic E-state index is 1.06. The molecule has 4 rings (SSSR count). The van der Waals surface area contributed by atoms with Crippen LogP contribution in [-0.2, 0) is 6.42 Å². The molecule has 1 nitrogen and oxygen atoms in total. The number of hydrogen-bond acceptors (Lipinski definition) is 0. The number of hydrogen-bond donors (Lipinski definition) is 0. The second kappa shape index (κ2) is 3.17. The normalized spacial score (nSPS) is 12.5. The van der Waals surface area contributed by atoms with Crippen LogP contribution in [0.2, 0.25) is 0 Å². The average Bonchev–Trinajstić information content (AvgIpc) is 2.73. The smallest absolute Gasteiger partial charge is 0.167 e. The standard InChI is InChI=1S/C16H12N/c1-2-7-15-12(5-1)9-13-11-17-8-4-3-6-14(17)10-16(13)15/h1-8,10-11H,9H2/q+1. The molecule has 0 fully saturated rings. The molecule has 0 saturated heterocycles. The number of fused-ring (bicyclic) bond motifs is 4. The molecule has 0 saturated carbocycles. The second-order valence-electron chi connectivity index (χ2n) is 4.58. The molecule has 2 heterocycles. The first-order chi connectivity index (χ1) is 8.42. The van der Waals surface area contributed by atoms with Gasteiger partial charge in [-0.15, -0.1) is 0 Å². The predicted octanol–water partition coefficient (Wildman–Crippen LogP) is 3.00. The van der Waals surface area contributed by atoms with Crippen molar-refractivity contribution < 1.29 is 4.40 Å². The number of benzene rings is 1. The van der Waals surface area contributed by atoms with E-state index >= 15 is 0 Å². The van der Waals surface area contributed by atoms with Gasteiger partial charge in [0.2, 0.25) is 5.52 Å². The zero-order valence-electron chi connectivity index (χ0n) is 9.43. The van der Waals surface area contributed by atoms with E-state index in [4.69, 9.17) is 0 Å². The molecule has 2 aromatic heterocycles. The third-order valence-electron chi connectivity index (χ3n) is 3.54. The lowest BCUT2D eigenvalue weighted by Crippen LogP contribution is -2.20. The second-order valence-corrected chi connectivity index (χ2v) is 4.58. The van der Waals surface area contributed by atoms with E-state index in [1.807, 2.05) is 0 Å². The van der Waals surface area contributed by atoms with Gasteiger partial charge in [0, 0.05) is 30.2 Å². The Morgan fingerprint density at radius 3 is 2.71 bits per heavy atom. The molecule has 0 amide bonds. The highest BCUT2D eigenvalue weighted by molar-refractivity contribution is 5.78. The quantitative estimate of drug-likeness (QED) is 0.399. The van der Waals surface area contributed by atoms with Crippen LogP contribution in [0.15, 0.2) is 60.9 Å². The van der Waals surface area contributed by atoms with E-state index < -0.39 is 0 Å². The molecule has 0 unspecified atom stereocenters. The topological polar surface area (TPSA) is 4.10 Å². The molecule has 0 aliphatic heterocycles. The van der Waals surface area contributed by atoms with E-state index in [0.29, 0.717) is 0 Å². The molecule has 17 heavy (non-hydrogen) atoms. The van der Waals surface area contributed by atoms with Crippen LogP contribution >= 0.6 is 0 Å². The molecule has 1 heteroatoms. The number of pyridine rings is 2. The van der Waals surface area contributed by atoms with Crippen molar-refractivity contribution >= 4 is 5.52 Å². The van der Waals surface area contributed by atoms with Crippen LogP contribution in [0.5, 0.6) is 0 Å². The Bertz CT molecular complexity index is 728. The number of rotatable bonds is 0. The maximum absolute atomic E-state index is 2.29. The number of aromatic nitrogens is 1. The first kappa shape index (κ1) is 8.94. The van der Waals surface area contributed by atoms with Gasteiger partial charge in [0.25, 0.3) is 0 Å². The van der Waals surface area contributed by atoms with E-state index in [9.17, 15) is 0 Å². The van der Waals surface area contributed by atoms with Crippen LogP contribution in [0.3, 0.4) is 0 Å². The molecule has 1 aromatic carbocycles. The van der Waals surface area contributed by atoms with Gasteiger partial charge < -0.3 is 0 Å². The van der Waals surface area contributed by atoms with Crippen molar-refractivity contribution in [1.82, 2.24) is 0 Å². The summed E-state index contributed by atoms with van der Waals surface area (Å²) in [6.45, 7) is 0. The lowest BCUT2D eigenvalue weighted by Gasteiger charge is -1.99. The summed E-state index contributed by atoms with van der Waals surface area (Å²) < 4.78 is 2.20. The van der Waals surface area contributed by atoms with Crippen LogP contribution in [0.4, 0.5) is 0 Å². The summed E-state index contributed by atoms with van der Waals surface area (Å²) in [6, 6.07) is 17.3. The maximum atomic E-state index is 2.29. The predicted molar refractivity (Wildman–Crippen MR) is 67.8 cm³/mol. The minimum Gasteiger partial charge on any atom is -0.167 e. The molecule has 0 spiro atoms. The van der Waals surface area contributed by atoms with Gasteiger partial charge in [-0.2, -0.15) is 4.40 Å². The fourth-order valence-corrected chi connectivity index (χ4v) is 2.72. The Kier molecular flexibility index (Phi) is 1.67. The summed E-state index contributed by atoms with van der Waals surface area (Å²) in [5, 5.41) is 0. The Morgan fingerprint density at radius 2 is 1.71 bits per heavy atom. The van der Waals surface area contributed by atoms with E-state index in [-0.39, 0.29) is 0 Å². The lowest BCUT2D eigenvalue weighted by molar-refractivity contribution is -0.512. The monoisotopic (exact) mass is 218 g/mol. The molecular weight excluding hydrogens is 206 g/mol. The Labute approximate surface area is 100.0 Å². The molecule has 0 radical (unpaired) electrons. The van der Waals surface area contributed by atoms with E-state index in [2.05, 4.69) is 65.3 Å². The fraction of sp³-hybridized carbons (Fsp3) is 0.0625. The highest BCUT2D eigenvalue weighted by atomic mass is 14.8. The highest BCUT2D eigenvalue weighted by Crippen LogP contribution is 2.35. The van der Waals surface area contributed by atoms with Crippen molar-refractivity contribution in [2.24, 2.45) is 0 Å². The van der Waals surface area contributed by atoms with Crippen molar-refractivity contribution in [2.75, 3.05) is 0 Å². The van der Waals surface area contributed by atoms with Crippen LogP contribution in [0.25, 0.3) is 16.6 Å². The van der Waals surface area contributed by atoms with E-state index in [1.165, 1.54) is 27.8 Å². The fourth-order valence-electron chi connectivity index (χ4n) is 2.72. The van der Waals surface area contributed by atoms with E-state index in [0.717, 1.165) is 6.42 Å². The summed E-state index contributed by atoms with van der Waals surface area (Å²) in [4.78, 5) is 0. The lowest BCUT2D eigenvalue weighted by atomic mass is 10.1. The summed E-state index contributed by atoms with van der Waals surface area (Å²) in [6.07, 6.45) is 5.42. The zero-order valence-corrected chi connectivity index (χ0v) is 9.43. The maximum Gasteiger partial charge on any atom is 0.211 e. The molecule has 0 atom stereocenters. The summed E-state index contributed by atoms with van der Waals surface area (Å²) in [7, 11) is 0. The van der Waals surface area contributed by atoms with Crippen LogP contribution in [0.1, 0.15) is 11.1 Å². The van der Waals surface area contributed by atoms with Crippen molar-refractivity contribution in [2.45, 2.75) is 6.42 Å². The first-order valence-corrected chi connectivity index (χ1v) is 5.93. The SMILES string of the molecule is c1ccc2c(c1)Cc1c[n+]3ccccc3cc1-2. The summed E-state index contributed by atoms with van der Waals surface area (Å²) in [5.41, 5.74) is 6.91. The Balaban J connectivity index is 2.07. The van der Waals surface area contributed by atoms with Crippen molar-refractivity contribution in [3.63, 3.8) is 0 Å². The van der Waals surface area contributed by atoms with Crippen molar-refractivity contribution in [1.29, 1.82) is 0 Å². The third-order valence-corrected chi connectivity index (χ3v) is 3.54. The highest BCUT2D eigenvalue weighted by Gasteiger charge is 2.21. The van der Waals surface area contributed by atoms with Gasteiger partial charge in [-0.25, -0.2) is 0 Å². The minimum atomic E-state index is 1.06. The third kappa shape index (κ3) is 1.22. The molecule has 3 aromatic rings. The van der Waals surface area contributed by atoms with E-state index in [1.54, 1.807) is 0 Å². The summed E-state index contributed by atoms with van der Waals surface area (Å²) >= 11 is 0. The Hall–Kier alpha value is -2.15. The first-order valence-electron chi connectivity index (χ1n) is 5.93. The molecule has 0 bridgehead atoms. The van der Waals surface area contributed by atoms with Gasteiger partial charge in [-0.3, -0.25) is 0 Å². The van der Waals surface area contributed by atoms with Crippen LogP contribution in [0, 0.1) is 0 Å². The Morgan fingerprint density at radius 1 is 0.824 bits per heavy atom. The van der Waals surface area contributed by atoms with Gasteiger partial charge in [0.1, 0.15) is 0 Å². The van der Waals surface area contributed by atoms with Gasteiger partial charge in [-0.1, -0.05) is 24.3 Å². The van der Waals surface area contributed by atoms with Crippen LogP contribution in [-0.4, -0.2) is 0 Å². The molecule has 1 aliphatic carbocycles.